The van der Waals surface area contributed by atoms with E-state index in [0.717, 1.165) is 38.0 Å². The van der Waals surface area contributed by atoms with Crippen LogP contribution in [-0.4, -0.2) is 30.6 Å². The Balaban J connectivity index is 1.89. The molecule has 0 aliphatic heterocycles. The molecule has 0 atom stereocenters. The van der Waals surface area contributed by atoms with Gasteiger partial charge in [-0.2, -0.15) is 0 Å². The number of nitrogens with zero attached hydrogens (tertiary/aromatic N) is 1. The number of rotatable bonds is 8. The predicted molar refractivity (Wildman–Crippen MR) is 74.5 cm³/mol. The summed E-state index contributed by atoms with van der Waals surface area (Å²) in [6.07, 6.45) is 4.46. The smallest absolute Gasteiger partial charge is 0.117 e. The lowest BCUT2D eigenvalue weighted by molar-refractivity contribution is 0.151. The summed E-state index contributed by atoms with van der Waals surface area (Å²) in [4.78, 5) is 2.58. The minimum absolute atomic E-state index is 0.311. The van der Waals surface area contributed by atoms with Crippen molar-refractivity contribution in [3.63, 3.8) is 0 Å². The highest BCUT2D eigenvalue weighted by molar-refractivity contribution is 5.00. The molecule has 2 rings (SSSR count). The molecule has 102 valence electrons. The minimum Gasteiger partial charge on any atom is -0.468 e. The molecule has 1 aromatic heterocycles. The maximum atomic E-state index is 5.48. The fourth-order valence-electron chi connectivity index (χ4n) is 2.43. The van der Waals surface area contributed by atoms with Crippen molar-refractivity contribution >= 4 is 0 Å². The van der Waals surface area contributed by atoms with Gasteiger partial charge in [-0.3, -0.25) is 4.90 Å². The topological polar surface area (TPSA) is 28.4 Å². The first kappa shape index (κ1) is 13.6. The maximum Gasteiger partial charge on any atom is 0.117 e. The summed E-state index contributed by atoms with van der Waals surface area (Å²) in [7, 11) is 0. The van der Waals surface area contributed by atoms with Gasteiger partial charge in [-0.25, -0.2) is 0 Å². The Labute approximate surface area is 111 Å². The van der Waals surface area contributed by atoms with E-state index in [1.807, 2.05) is 6.07 Å². The molecular formula is C15H26N2O. The van der Waals surface area contributed by atoms with Crippen molar-refractivity contribution in [1.29, 1.82) is 0 Å². The van der Waals surface area contributed by atoms with E-state index in [1.165, 1.54) is 12.8 Å². The number of nitrogens with one attached hydrogen (secondary N) is 1. The van der Waals surface area contributed by atoms with Gasteiger partial charge in [-0.05, 0) is 36.9 Å². The Morgan fingerprint density at radius 3 is 2.78 bits per heavy atom. The molecule has 1 saturated carbocycles. The van der Waals surface area contributed by atoms with E-state index in [1.54, 1.807) is 6.26 Å². The lowest BCUT2D eigenvalue weighted by Gasteiger charge is -2.32. The fourth-order valence-corrected chi connectivity index (χ4v) is 2.43. The molecule has 1 fully saturated rings. The molecule has 0 bridgehead atoms. The highest BCUT2D eigenvalue weighted by Crippen LogP contribution is 2.31. The largest absolute Gasteiger partial charge is 0.468 e. The highest BCUT2D eigenvalue weighted by atomic mass is 16.3. The first-order chi connectivity index (χ1) is 8.61. The Morgan fingerprint density at radius 1 is 1.44 bits per heavy atom. The first-order valence-electron chi connectivity index (χ1n) is 7.08. The third-order valence-corrected chi connectivity index (χ3v) is 3.49. The molecule has 0 spiro atoms. The number of furan rings is 1. The summed E-state index contributed by atoms with van der Waals surface area (Å²) in [6, 6.07) is 4.83. The van der Waals surface area contributed by atoms with Gasteiger partial charge in [0.15, 0.2) is 0 Å². The van der Waals surface area contributed by atoms with Crippen molar-refractivity contribution in [2.45, 2.75) is 46.2 Å². The van der Waals surface area contributed by atoms with Crippen molar-refractivity contribution in [2.24, 2.45) is 5.41 Å². The van der Waals surface area contributed by atoms with Gasteiger partial charge in [0.25, 0.3) is 0 Å². The SMILES string of the molecule is CCNCC(C)(C)CN(Cc1ccco1)C1CC1. The molecule has 1 heterocycles. The van der Waals surface area contributed by atoms with Crippen molar-refractivity contribution in [3.05, 3.63) is 24.2 Å². The second kappa shape index (κ2) is 5.89. The van der Waals surface area contributed by atoms with Crippen LogP contribution in [0.4, 0.5) is 0 Å². The van der Waals surface area contributed by atoms with E-state index >= 15 is 0 Å². The summed E-state index contributed by atoms with van der Waals surface area (Å²) in [6.45, 7) is 11.0. The molecule has 1 aliphatic rings. The molecule has 1 aliphatic carbocycles. The van der Waals surface area contributed by atoms with Gasteiger partial charge < -0.3 is 9.73 Å². The highest BCUT2D eigenvalue weighted by Gasteiger charge is 2.33. The van der Waals surface area contributed by atoms with Crippen molar-refractivity contribution in [3.8, 4) is 0 Å². The van der Waals surface area contributed by atoms with E-state index in [9.17, 15) is 0 Å². The Bertz CT molecular complexity index is 341. The molecule has 1 N–H and O–H groups in total. The van der Waals surface area contributed by atoms with Gasteiger partial charge in [0, 0.05) is 19.1 Å². The maximum absolute atomic E-state index is 5.48. The van der Waals surface area contributed by atoms with Crippen LogP contribution in [0.3, 0.4) is 0 Å². The van der Waals surface area contributed by atoms with E-state index in [-0.39, 0.29) is 0 Å². The zero-order valence-electron chi connectivity index (χ0n) is 11.9. The molecule has 0 radical (unpaired) electrons. The molecule has 0 aromatic carbocycles. The van der Waals surface area contributed by atoms with Gasteiger partial charge in [0.2, 0.25) is 0 Å². The average molecular weight is 250 g/mol. The van der Waals surface area contributed by atoms with Crippen LogP contribution in [0.2, 0.25) is 0 Å². The zero-order valence-corrected chi connectivity index (χ0v) is 11.9. The summed E-state index contributed by atoms with van der Waals surface area (Å²) >= 11 is 0. The van der Waals surface area contributed by atoms with Gasteiger partial charge in [-0.15, -0.1) is 0 Å². The second-order valence-electron chi connectivity index (χ2n) is 6.16. The third kappa shape index (κ3) is 4.14. The summed E-state index contributed by atoms with van der Waals surface area (Å²) in [5.41, 5.74) is 0.311. The van der Waals surface area contributed by atoms with Gasteiger partial charge in [0.05, 0.1) is 12.8 Å². The van der Waals surface area contributed by atoms with Crippen LogP contribution in [0.1, 0.15) is 39.4 Å². The molecule has 1 aromatic rings. The summed E-state index contributed by atoms with van der Waals surface area (Å²) in [5.74, 6) is 1.08. The van der Waals surface area contributed by atoms with Crippen LogP contribution in [0, 0.1) is 5.41 Å². The molecule has 0 saturated heterocycles. The van der Waals surface area contributed by atoms with Gasteiger partial charge >= 0.3 is 0 Å². The Morgan fingerprint density at radius 2 is 2.22 bits per heavy atom. The summed E-state index contributed by atoms with van der Waals surface area (Å²) in [5, 5.41) is 3.46. The first-order valence-corrected chi connectivity index (χ1v) is 7.08. The second-order valence-corrected chi connectivity index (χ2v) is 6.16. The van der Waals surface area contributed by atoms with Crippen LogP contribution >= 0.6 is 0 Å². The lowest BCUT2D eigenvalue weighted by atomic mass is 9.92. The fraction of sp³-hybridized carbons (Fsp3) is 0.733. The van der Waals surface area contributed by atoms with Crippen LogP contribution < -0.4 is 5.32 Å². The molecular weight excluding hydrogens is 224 g/mol. The number of hydrogen-bond acceptors (Lipinski definition) is 3. The Hall–Kier alpha value is -0.800. The van der Waals surface area contributed by atoms with E-state index < -0.39 is 0 Å². The monoisotopic (exact) mass is 250 g/mol. The standard InChI is InChI=1S/C15H26N2O/c1-4-16-11-15(2,3)12-17(13-7-8-13)10-14-6-5-9-18-14/h5-6,9,13,16H,4,7-8,10-12H2,1-3H3. The van der Waals surface area contributed by atoms with Crippen LogP contribution in [-0.2, 0) is 6.54 Å². The molecule has 18 heavy (non-hydrogen) atoms. The number of hydrogen-bond donors (Lipinski definition) is 1. The van der Waals surface area contributed by atoms with Crippen LogP contribution in [0.25, 0.3) is 0 Å². The predicted octanol–water partition coefficient (Wildman–Crippen LogP) is 2.88. The van der Waals surface area contributed by atoms with Gasteiger partial charge in [0.1, 0.15) is 5.76 Å². The summed E-state index contributed by atoms with van der Waals surface area (Å²) < 4.78 is 5.48. The lowest BCUT2D eigenvalue weighted by Crippen LogP contribution is -2.41. The molecule has 3 heteroatoms. The Kier molecular flexibility index (Phi) is 4.46. The van der Waals surface area contributed by atoms with Crippen molar-refractivity contribution in [2.75, 3.05) is 19.6 Å². The average Bonchev–Trinajstić information content (AvgIpc) is 3.05. The quantitative estimate of drug-likeness (QED) is 0.769. The van der Waals surface area contributed by atoms with Crippen LogP contribution in [0.15, 0.2) is 22.8 Å². The molecule has 0 unspecified atom stereocenters. The third-order valence-electron chi connectivity index (χ3n) is 3.49. The van der Waals surface area contributed by atoms with Crippen molar-refractivity contribution < 1.29 is 4.42 Å². The molecule has 3 nitrogen and oxygen atoms in total. The van der Waals surface area contributed by atoms with Crippen LogP contribution in [0.5, 0.6) is 0 Å². The minimum atomic E-state index is 0.311. The zero-order chi connectivity index (χ0) is 13.0. The van der Waals surface area contributed by atoms with Crippen molar-refractivity contribution in [1.82, 2.24) is 10.2 Å². The van der Waals surface area contributed by atoms with Gasteiger partial charge in [-0.1, -0.05) is 20.8 Å². The van der Waals surface area contributed by atoms with E-state index in [2.05, 4.69) is 37.1 Å². The molecule has 0 amide bonds. The van der Waals surface area contributed by atoms with E-state index in [0.29, 0.717) is 5.41 Å². The van der Waals surface area contributed by atoms with E-state index in [4.69, 9.17) is 4.42 Å². The normalized spacial score (nSPS) is 16.4.